The monoisotopic (exact) mass is 462 g/mol. The van der Waals surface area contributed by atoms with Gasteiger partial charge < -0.3 is 10.1 Å². The van der Waals surface area contributed by atoms with Gasteiger partial charge in [0.2, 0.25) is 0 Å². The maximum absolute atomic E-state index is 13.1. The Labute approximate surface area is 188 Å². The van der Waals surface area contributed by atoms with Crippen LogP contribution in [0.15, 0.2) is 36.4 Å². The smallest absolute Gasteiger partial charge is 0.339 e. The Kier molecular flexibility index (Phi) is 5.87. The summed E-state index contributed by atoms with van der Waals surface area (Å²) in [5.74, 6) is -1.08. The Hall–Kier alpha value is -2.34. The average molecular weight is 464 g/mol. The number of aryl methyl sites for hydroxylation is 1. The molecular formula is C22H17Cl3N2O3. The van der Waals surface area contributed by atoms with Gasteiger partial charge >= 0.3 is 5.97 Å². The van der Waals surface area contributed by atoms with Crippen molar-refractivity contribution in [2.24, 2.45) is 0 Å². The lowest BCUT2D eigenvalue weighted by Gasteiger charge is -2.17. The Morgan fingerprint density at radius 3 is 2.60 bits per heavy atom. The van der Waals surface area contributed by atoms with Crippen molar-refractivity contribution in [3.8, 4) is 0 Å². The van der Waals surface area contributed by atoms with Gasteiger partial charge in [0.1, 0.15) is 0 Å². The number of ether oxygens (including phenoxy) is 1. The number of rotatable bonds is 4. The van der Waals surface area contributed by atoms with Gasteiger partial charge in [-0.05, 0) is 49.9 Å². The molecule has 0 spiro atoms. The van der Waals surface area contributed by atoms with Gasteiger partial charge in [0.15, 0.2) is 6.10 Å². The summed E-state index contributed by atoms with van der Waals surface area (Å²) >= 11 is 18.0. The number of fused-ring (bicyclic) bond motifs is 2. The number of nitrogens with zero attached hydrogens (tertiary/aromatic N) is 1. The van der Waals surface area contributed by atoms with Crippen LogP contribution < -0.4 is 5.32 Å². The van der Waals surface area contributed by atoms with Crippen LogP contribution >= 0.6 is 34.8 Å². The second kappa shape index (κ2) is 8.42. The second-order valence-corrected chi connectivity index (χ2v) is 8.29. The molecule has 154 valence electrons. The molecule has 0 saturated carbocycles. The summed E-state index contributed by atoms with van der Waals surface area (Å²) in [6.07, 6.45) is 1.47. The van der Waals surface area contributed by atoms with Gasteiger partial charge in [-0.3, -0.25) is 9.78 Å². The first-order valence-corrected chi connectivity index (χ1v) is 10.6. The molecule has 1 amide bonds. The van der Waals surface area contributed by atoms with Crippen molar-refractivity contribution in [3.63, 3.8) is 0 Å². The molecular weight excluding hydrogens is 447 g/mol. The minimum Gasteiger partial charge on any atom is -0.449 e. The summed E-state index contributed by atoms with van der Waals surface area (Å²) in [7, 11) is 0. The molecule has 1 aromatic heterocycles. The number of carbonyl (C=O) groups is 2. The maximum Gasteiger partial charge on any atom is 0.339 e. The second-order valence-electron chi connectivity index (χ2n) is 7.07. The molecule has 0 radical (unpaired) electrons. The van der Waals surface area contributed by atoms with Crippen molar-refractivity contribution in [1.82, 2.24) is 4.98 Å². The number of pyridine rings is 1. The van der Waals surface area contributed by atoms with E-state index in [2.05, 4.69) is 10.3 Å². The number of benzene rings is 2. The number of carbonyl (C=O) groups excluding carboxylic acids is 2. The number of halogens is 3. The third-order valence-electron chi connectivity index (χ3n) is 5.04. The summed E-state index contributed by atoms with van der Waals surface area (Å²) in [5.41, 5.74) is 3.33. The van der Waals surface area contributed by atoms with Gasteiger partial charge in [-0.1, -0.05) is 53.0 Å². The van der Waals surface area contributed by atoms with Crippen molar-refractivity contribution < 1.29 is 14.3 Å². The Morgan fingerprint density at radius 2 is 1.80 bits per heavy atom. The molecule has 1 aliphatic carbocycles. The van der Waals surface area contributed by atoms with Crippen LogP contribution in [0.4, 0.5) is 5.69 Å². The van der Waals surface area contributed by atoms with Crippen molar-refractivity contribution in [2.45, 2.75) is 32.3 Å². The number of anilines is 1. The molecule has 1 atom stereocenters. The highest BCUT2D eigenvalue weighted by molar-refractivity contribution is 6.44. The van der Waals surface area contributed by atoms with E-state index >= 15 is 0 Å². The minimum absolute atomic E-state index is 0.231. The molecule has 3 aromatic rings. The number of hydrogen-bond acceptors (Lipinski definition) is 4. The third-order valence-corrected chi connectivity index (χ3v) is 6.08. The molecule has 8 heteroatoms. The highest BCUT2D eigenvalue weighted by Crippen LogP contribution is 2.33. The zero-order chi connectivity index (χ0) is 21.4. The lowest BCUT2D eigenvalue weighted by molar-refractivity contribution is -0.123. The third kappa shape index (κ3) is 3.97. The van der Waals surface area contributed by atoms with E-state index in [4.69, 9.17) is 39.5 Å². The summed E-state index contributed by atoms with van der Waals surface area (Å²) < 4.78 is 5.52. The molecule has 1 unspecified atom stereocenters. The molecule has 4 rings (SSSR count). The Morgan fingerprint density at radius 1 is 1.07 bits per heavy atom. The number of aromatic nitrogens is 1. The van der Waals surface area contributed by atoms with Gasteiger partial charge in [-0.25, -0.2) is 4.79 Å². The van der Waals surface area contributed by atoms with Gasteiger partial charge in [0, 0.05) is 11.1 Å². The molecule has 0 fully saturated rings. The van der Waals surface area contributed by atoms with Crippen LogP contribution in [0.2, 0.25) is 15.1 Å². The zero-order valence-corrected chi connectivity index (χ0v) is 18.2. The van der Waals surface area contributed by atoms with Gasteiger partial charge in [-0.2, -0.15) is 0 Å². The molecule has 1 N–H and O–H groups in total. The van der Waals surface area contributed by atoms with Gasteiger partial charge in [0.25, 0.3) is 5.91 Å². The zero-order valence-electron chi connectivity index (χ0n) is 16.0. The first-order chi connectivity index (χ1) is 14.3. The summed E-state index contributed by atoms with van der Waals surface area (Å²) in [4.78, 5) is 30.3. The summed E-state index contributed by atoms with van der Waals surface area (Å²) in [6.45, 7) is 1.50. The first kappa shape index (κ1) is 20.9. The molecule has 0 bridgehead atoms. The SMILES string of the molecule is CC(OC(=O)c1c2c(nc3ccccc13)CCC2)C(=O)Nc1cc(Cl)c(Cl)cc1Cl. The van der Waals surface area contributed by atoms with Gasteiger partial charge in [0.05, 0.1) is 31.8 Å². The van der Waals surface area contributed by atoms with Gasteiger partial charge in [-0.15, -0.1) is 0 Å². The van der Waals surface area contributed by atoms with Crippen LogP contribution in [0.5, 0.6) is 0 Å². The maximum atomic E-state index is 13.1. The van der Waals surface area contributed by atoms with E-state index in [0.29, 0.717) is 5.56 Å². The first-order valence-electron chi connectivity index (χ1n) is 9.42. The Bertz CT molecular complexity index is 1180. The molecule has 1 aliphatic rings. The van der Waals surface area contributed by atoms with Crippen molar-refractivity contribution in [2.75, 3.05) is 5.32 Å². The minimum atomic E-state index is -1.05. The number of nitrogens with one attached hydrogen (secondary N) is 1. The fourth-order valence-electron chi connectivity index (χ4n) is 3.57. The fourth-order valence-corrected chi connectivity index (χ4v) is 4.16. The van der Waals surface area contributed by atoms with Crippen LogP contribution in [-0.4, -0.2) is 23.0 Å². The predicted octanol–water partition coefficient (Wildman–Crippen LogP) is 5.87. The standard InChI is InChI=1S/C22H17Cl3N2O3/c1-11(21(28)27-19-10-15(24)14(23)9-16(19)25)30-22(29)20-12-5-2-3-7-17(12)26-18-8-4-6-13(18)20/h2-3,5,7,9-11H,4,6,8H2,1H3,(H,27,28). The lowest BCUT2D eigenvalue weighted by atomic mass is 10.0. The largest absolute Gasteiger partial charge is 0.449 e. The fraction of sp³-hybridized carbons (Fsp3) is 0.227. The quantitative estimate of drug-likeness (QED) is 0.388. The number of amides is 1. The van der Waals surface area contributed by atoms with E-state index in [0.717, 1.165) is 41.4 Å². The molecule has 0 saturated heterocycles. The highest BCUT2D eigenvalue weighted by atomic mass is 35.5. The summed E-state index contributed by atoms with van der Waals surface area (Å²) in [6, 6.07) is 10.3. The van der Waals surface area contributed by atoms with Crippen molar-refractivity contribution in [3.05, 3.63) is 68.3 Å². The van der Waals surface area contributed by atoms with Crippen molar-refractivity contribution in [1.29, 1.82) is 0 Å². The molecule has 2 aromatic carbocycles. The summed E-state index contributed by atoms with van der Waals surface area (Å²) in [5, 5.41) is 4.10. The van der Waals surface area contributed by atoms with E-state index < -0.39 is 18.0 Å². The Balaban J connectivity index is 1.57. The van der Waals surface area contributed by atoms with Crippen LogP contribution in [0.1, 0.15) is 35.0 Å². The number of hydrogen-bond donors (Lipinski definition) is 1. The van der Waals surface area contributed by atoms with E-state index in [1.165, 1.54) is 19.1 Å². The van der Waals surface area contributed by atoms with E-state index in [1.807, 2.05) is 24.3 Å². The molecule has 30 heavy (non-hydrogen) atoms. The van der Waals surface area contributed by atoms with E-state index in [-0.39, 0.29) is 20.8 Å². The number of esters is 1. The molecule has 1 heterocycles. The topological polar surface area (TPSA) is 68.3 Å². The highest BCUT2D eigenvalue weighted by Gasteiger charge is 2.27. The molecule has 5 nitrogen and oxygen atoms in total. The van der Waals surface area contributed by atoms with E-state index in [9.17, 15) is 9.59 Å². The average Bonchev–Trinajstić information content (AvgIpc) is 3.17. The van der Waals surface area contributed by atoms with Crippen LogP contribution in [0.3, 0.4) is 0 Å². The predicted molar refractivity (Wildman–Crippen MR) is 119 cm³/mol. The lowest BCUT2D eigenvalue weighted by Crippen LogP contribution is -2.30. The van der Waals surface area contributed by atoms with Crippen LogP contribution in [0, 0.1) is 0 Å². The van der Waals surface area contributed by atoms with Crippen LogP contribution in [0.25, 0.3) is 10.9 Å². The number of para-hydroxylation sites is 1. The molecule has 0 aliphatic heterocycles. The normalized spacial score (nSPS) is 13.7. The van der Waals surface area contributed by atoms with E-state index in [1.54, 1.807) is 0 Å². The van der Waals surface area contributed by atoms with Crippen LogP contribution in [-0.2, 0) is 22.4 Å². The van der Waals surface area contributed by atoms with Crippen molar-refractivity contribution >= 4 is 63.3 Å².